The van der Waals surface area contributed by atoms with Crippen molar-refractivity contribution >= 4 is 28.8 Å². The second kappa shape index (κ2) is 6.62. The predicted octanol–water partition coefficient (Wildman–Crippen LogP) is 3.82. The summed E-state index contributed by atoms with van der Waals surface area (Å²) in [6, 6.07) is 12.2. The smallest absolute Gasteiger partial charge is 0.212 e. The highest BCUT2D eigenvalue weighted by Gasteiger charge is 2.12. The Kier molecular flexibility index (Phi) is 4.37. The molecule has 0 saturated heterocycles. The Balaban J connectivity index is 2.12. The Morgan fingerprint density at radius 1 is 1.04 bits per heavy atom. The molecule has 0 spiro atoms. The molecule has 0 radical (unpaired) electrons. The van der Waals surface area contributed by atoms with E-state index in [9.17, 15) is 9.18 Å². The molecule has 0 fully saturated rings. The van der Waals surface area contributed by atoms with Crippen molar-refractivity contribution in [3.8, 4) is 11.1 Å². The Morgan fingerprint density at radius 2 is 1.75 bits per heavy atom. The summed E-state index contributed by atoms with van der Waals surface area (Å²) >= 11 is 0. The van der Waals surface area contributed by atoms with Crippen molar-refractivity contribution in [1.82, 2.24) is 10.2 Å². The number of anilines is 2. The van der Waals surface area contributed by atoms with E-state index in [1.54, 1.807) is 12.1 Å². The number of nitrogens with one attached hydrogen (secondary N) is 2. The van der Waals surface area contributed by atoms with Crippen LogP contribution in [0.5, 0.6) is 0 Å². The Morgan fingerprint density at radius 3 is 2.42 bits per heavy atom. The van der Waals surface area contributed by atoms with Gasteiger partial charge in [-0.15, -0.1) is 10.2 Å². The maximum Gasteiger partial charge on any atom is 0.212 e. The second-order valence-electron chi connectivity index (χ2n) is 5.72. The van der Waals surface area contributed by atoms with Gasteiger partial charge < -0.3 is 10.6 Å². The quantitative estimate of drug-likeness (QED) is 0.700. The van der Waals surface area contributed by atoms with Crippen LogP contribution >= 0.6 is 0 Å². The molecular formula is C18H17FN4O. The predicted molar refractivity (Wildman–Crippen MR) is 93.4 cm³/mol. The van der Waals surface area contributed by atoms with Gasteiger partial charge in [0.15, 0.2) is 5.82 Å². The summed E-state index contributed by atoms with van der Waals surface area (Å²) in [5, 5.41) is 15.0. The average molecular weight is 324 g/mol. The van der Waals surface area contributed by atoms with Crippen LogP contribution in [0.2, 0.25) is 0 Å². The van der Waals surface area contributed by atoms with E-state index in [2.05, 4.69) is 20.8 Å². The molecule has 0 aliphatic rings. The zero-order chi connectivity index (χ0) is 17.1. The van der Waals surface area contributed by atoms with Crippen LogP contribution < -0.4 is 10.6 Å². The molecule has 5 nitrogen and oxygen atoms in total. The highest BCUT2D eigenvalue weighted by molar-refractivity contribution is 5.99. The first kappa shape index (κ1) is 15.9. The first-order chi connectivity index (χ1) is 11.6. The number of aromatic nitrogens is 2. The number of hydrogen-bond acceptors (Lipinski definition) is 4. The number of rotatable bonds is 5. The van der Waals surface area contributed by atoms with Crippen molar-refractivity contribution < 1.29 is 9.18 Å². The molecule has 1 aromatic heterocycles. The minimum atomic E-state index is -0.271. The summed E-state index contributed by atoms with van der Waals surface area (Å²) in [7, 11) is 0. The van der Waals surface area contributed by atoms with Crippen LogP contribution in [-0.4, -0.2) is 22.6 Å². The Labute approximate surface area is 138 Å². The van der Waals surface area contributed by atoms with E-state index < -0.39 is 0 Å². The number of amides is 1. The molecule has 24 heavy (non-hydrogen) atoms. The fraction of sp³-hybridized carbons (Fsp3) is 0.167. The highest BCUT2D eigenvalue weighted by atomic mass is 19.1. The minimum Gasteiger partial charge on any atom is -0.379 e. The third kappa shape index (κ3) is 3.17. The standard InChI is InChI=1S/C18H17FN4O/c1-11(2)21-17-15-8-5-13(12-3-6-14(19)7-4-12)9-16(15)22-23-18(17)20-10-24/h3-11H,1-2H3,(H,21,22)(H,20,23,24). The van der Waals surface area contributed by atoms with Gasteiger partial charge in [-0.25, -0.2) is 4.39 Å². The maximum atomic E-state index is 13.1. The van der Waals surface area contributed by atoms with Gasteiger partial charge in [0, 0.05) is 11.4 Å². The van der Waals surface area contributed by atoms with E-state index in [1.807, 2.05) is 32.0 Å². The number of carbonyl (C=O) groups is 1. The van der Waals surface area contributed by atoms with Gasteiger partial charge in [0.2, 0.25) is 6.41 Å². The van der Waals surface area contributed by atoms with Gasteiger partial charge in [0.1, 0.15) is 5.82 Å². The Bertz CT molecular complexity index is 878. The van der Waals surface area contributed by atoms with E-state index in [1.165, 1.54) is 12.1 Å². The molecule has 0 unspecified atom stereocenters. The second-order valence-corrected chi connectivity index (χ2v) is 5.72. The fourth-order valence-corrected chi connectivity index (χ4v) is 2.52. The summed E-state index contributed by atoms with van der Waals surface area (Å²) in [5.74, 6) is 0.119. The summed E-state index contributed by atoms with van der Waals surface area (Å²) in [6.45, 7) is 4.01. The van der Waals surface area contributed by atoms with Gasteiger partial charge in [-0.1, -0.05) is 18.2 Å². The molecule has 1 heterocycles. The SMILES string of the molecule is CC(C)Nc1c(NC=O)nnc2cc(-c3ccc(F)cc3)ccc12. The topological polar surface area (TPSA) is 66.9 Å². The molecule has 3 aromatic rings. The number of halogens is 1. The van der Waals surface area contributed by atoms with Crippen molar-refractivity contribution in [2.75, 3.05) is 10.6 Å². The molecule has 2 N–H and O–H groups in total. The van der Waals surface area contributed by atoms with Gasteiger partial charge in [-0.05, 0) is 49.2 Å². The summed E-state index contributed by atoms with van der Waals surface area (Å²) in [6.07, 6.45) is 0.578. The Hall–Kier alpha value is -3.02. The van der Waals surface area contributed by atoms with Crippen molar-refractivity contribution in [3.63, 3.8) is 0 Å². The monoisotopic (exact) mass is 324 g/mol. The van der Waals surface area contributed by atoms with E-state index in [0.29, 0.717) is 17.7 Å². The number of carbonyl (C=O) groups excluding carboxylic acids is 1. The molecule has 0 aliphatic carbocycles. The van der Waals surface area contributed by atoms with Gasteiger partial charge in [0.05, 0.1) is 11.2 Å². The lowest BCUT2D eigenvalue weighted by atomic mass is 10.0. The lowest BCUT2D eigenvalue weighted by Crippen LogP contribution is -2.13. The van der Waals surface area contributed by atoms with Crippen molar-refractivity contribution in [2.24, 2.45) is 0 Å². The van der Waals surface area contributed by atoms with E-state index >= 15 is 0 Å². The van der Waals surface area contributed by atoms with Crippen LogP contribution in [0, 0.1) is 5.82 Å². The van der Waals surface area contributed by atoms with Crippen molar-refractivity contribution in [1.29, 1.82) is 0 Å². The van der Waals surface area contributed by atoms with Crippen LogP contribution in [0.3, 0.4) is 0 Å². The largest absolute Gasteiger partial charge is 0.379 e. The maximum absolute atomic E-state index is 13.1. The van der Waals surface area contributed by atoms with Crippen LogP contribution in [-0.2, 0) is 4.79 Å². The molecule has 0 bridgehead atoms. The summed E-state index contributed by atoms with van der Waals surface area (Å²) in [5.41, 5.74) is 3.24. The highest BCUT2D eigenvalue weighted by Crippen LogP contribution is 2.31. The van der Waals surface area contributed by atoms with Crippen LogP contribution in [0.1, 0.15) is 13.8 Å². The molecule has 2 aromatic carbocycles. The minimum absolute atomic E-state index is 0.168. The molecule has 122 valence electrons. The first-order valence-corrected chi connectivity index (χ1v) is 7.61. The molecule has 3 rings (SSSR count). The molecule has 0 saturated carbocycles. The molecule has 0 aliphatic heterocycles. The summed E-state index contributed by atoms with van der Waals surface area (Å²) in [4.78, 5) is 10.8. The zero-order valence-electron chi connectivity index (χ0n) is 13.4. The lowest BCUT2D eigenvalue weighted by Gasteiger charge is -2.15. The lowest BCUT2D eigenvalue weighted by molar-refractivity contribution is -0.105. The first-order valence-electron chi connectivity index (χ1n) is 7.61. The number of fused-ring (bicyclic) bond motifs is 1. The average Bonchev–Trinajstić information content (AvgIpc) is 2.57. The van der Waals surface area contributed by atoms with Crippen LogP contribution in [0.4, 0.5) is 15.9 Å². The zero-order valence-corrected chi connectivity index (χ0v) is 13.4. The molecule has 0 atom stereocenters. The van der Waals surface area contributed by atoms with Crippen LogP contribution in [0.15, 0.2) is 42.5 Å². The van der Waals surface area contributed by atoms with Gasteiger partial charge in [-0.2, -0.15) is 0 Å². The van der Waals surface area contributed by atoms with E-state index in [0.717, 1.165) is 22.2 Å². The third-order valence-corrected chi connectivity index (χ3v) is 3.57. The number of nitrogens with zero attached hydrogens (tertiary/aromatic N) is 2. The molecule has 1 amide bonds. The van der Waals surface area contributed by atoms with Gasteiger partial charge in [0.25, 0.3) is 0 Å². The van der Waals surface area contributed by atoms with Gasteiger partial charge in [-0.3, -0.25) is 4.79 Å². The summed E-state index contributed by atoms with van der Waals surface area (Å²) < 4.78 is 13.1. The number of benzene rings is 2. The van der Waals surface area contributed by atoms with Crippen LogP contribution in [0.25, 0.3) is 22.0 Å². The third-order valence-electron chi connectivity index (χ3n) is 3.57. The molecule has 6 heteroatoms. The fourth-order valence-electron chi connectivity index (χ4n) is 2.52. The van der Waals surface area contributed by atoms with E-state index in [-0.39, 0.29) is 11.9 Å². The van der Waals surface area contributed by atoms with E-state index in [4.69, 9.17) is 0 Å². The van der Waals surface area contributed by atoms with Crippen molar-refractivity contribution in [3.05, 3.63) is 48.3 Å². The molecular weight excluding hydrogens is 307 g/mol. The number of hydrogen-bond donors (Lipinski definition) is 2. The normalized spacial score (nSPS) is 10.8. The van der Waals surface area contributed by atoms with Crippen molar-refractivity contribution in [2.45, 2.75) is 19.9 Å². The van der Waals surface area contributed by atoms with Gasteiger partial charge >= 0.3 is 0 Å².